The minimum Gasteiger partial charge on any atom is -0.495 e. The molecule has 0 spiro atoms. The molecule has 0 bridgehead atoms. The van der Waals surface area contributed by atoms with Crippen LogP contribution in [0.4, 0.5) is 5.82 Å². The molecule has 144 valence electrons. The maximum atomic E-state index is 5.72. The molecule has 0 unspecified atom stereocenters. The quantitative estimate of drug-likeness (QED) is 0.513. The zero-order valence-electron chi connectivity index (χ0n) is 15.7. The monoisotopic (exact) mass is 386 g/mol. The van der Waals surface area contributed by atoms with Crippen LogP contribution in [0.5, 0.6) is 17.4 Å². The van der Waals surface area contributed by atoms with Crippen molar-refractivity contribution in [2.24, 2.45) is 0 Å². The molecule has 3 aromatic heterocycles. The van der Waals surface area contributed by atoms with E-state index in [-0.39, 0.29) is 0 Å². The number of benzene rings is 1. The van der Waals surface area contributed by atoms with Gasteiger partial charge >= 0.3 is 0 Å². The molecule has 1 N–H and O–H groups in total. The highest BCUT2D eigenvalue weighted by atomic mass is 16.5. The molecule has 0 saturated heterocycles. The molecule has 0 aliphatic heterocycles. The third-order valence-corrected chi connectivity index (χ3v) is 4.00. The molecule has 0 aliphatic carbocycles. The van der Waals surface area contributed by atoms with E-state index in [4.69, 9.17) is 9.47 Å². The van der Waals surface area contributed by atoms with Crippen molar-refractivity contribution >= 4 is 5.82 Å². The smallest absolute Gasteiger partial charge is 0.237 e. The number of hydrogen-bond acceptors (Lipinski definition) is 8. The third kappa shape index (κ3) is 4.81. The van der Waals surface area contributed by atoms with Crippen LogP contribution in [0.2, 0.25) is 0 Å². The van der Waals surface area contributed by atoms with Crippen molar-refractivity contribution in [1.82, 2.24) is 24.9 Å². The maximum Gasteiger partial charge on any atom is 0.237 e. The van der Waals surface area contributed by atoms with Gasteiger partial charge in [-0.15, -0.1) is 0 Å². The fraction of sp³-hybridized carbons (Fsp3) is 0.0952. The van der Waals surface area contributed by atoms with Gasteiger partial charge in [-0.25, -0.2) is 15.0 Å². The lowest BCUT2D eigenvalue weighted by molar-refractivity contribution is 0.413. The SMILES string of the molecule is COc1cncc(-c2nccc(NCc3cccc(Oc4cnccn4)c3)n2)c1. The third-order valence-electron chi connectivity index (χ3n) is 4.00. The number of hydrogen-bond donors (Lipinski definition) is 1. The molecule has 4 rings (SSSR count). The molecule has 29 heavy (non-hydrogen) atoms. The van der Waals surface area contributed by atoms with Gasteiger partial charge in [-0.2, -0.15) is 0 Å². The van der Waals surface area contributed by atoms with Crippen LogP contribution >= 0.6 is 0 Å². The second kappa shape index (κ2) is 8.75. The number of ether oxygens (including phenoxy) is 2. The number of anilines is 1. The lowest BCUT2D eigenvalue weighted by Crippen LogP contribution is -2.03. The summed E-state index contributed by atoms with van der Waals surface area (Å²) >= 11 is 0. The summed E-state index contributed by atoms with van der Waals surface area (Å²) < 4.78 is 10.9. The zero-order valence-corrected chi connectivity index (χ0v) is 15.7. The largest absolute Gasteiger partial charge is 0.495 e. The highest BCUT2D eigenvalue weighted by Gasteiger charge is 2.06. The highest BCUT2D eigenvalue weighted by molar-refractivity contribution is 5.57. The van der Waals surface area contributed by atoms with Crippen LogP contribution in [-0.2, 0) is 6.54 Å². The van der Waals surface area contributed by atoms with Crippen LogP contribution in [0.1, 0.15) is 5.56 Å². The zero-order chi connectivity index (χ0) is 19.9. The minimum absolute atomic E-state index is 0.449. The fourth-order valence-corrected chi connectivity index (χ4v) is 2.62. The molecule has 0 atom stereocenters. The predicted molar refractivity (Wildman–Crippen MR) is 108 cm³/mol. The van der Waals surface area contributed by atoms with E-state index in [0.29, 0.717) is 35.6 Å². The Balaban J connectivity index is 1.45. The van der Waals surface area contributed by atoms with Crippen molar-refractivity contribution in [3.8, 4) is 28.8 Å². The van der Waals surface area contributed by atoms with Gasteiger partial charge in [0, 0.05) is 36.9 Å². The Bertz CT molecular complexity index is 1090. The van der Waals surface area contributed by atoms with Gasteiger partial charge in [0.1, 0.15) is 17.3 Å². The van der Waals surface area contributed by atoms with Gasteiger partial charge < -0.3 is 14.8 Å². The average molecular weight is 386 g/mol. The van der Waals surface area contributed by atoms with Crippen LogP contribution in [0.15, 0.2) is 73.6 Å². The Morgan fingerprint density at radius 2 is 1.86 bits per heavy atom. The average Bonchev–Trinajstić information content (AvgIpc) is 2.79. The number of pyridine rings is 1. The molecule has 1 aromatic carbocycles. The van der Waals surface area contributed by atoms with E-state index in [1.165, 1.54) is 0 Å². The van der Waals surface area contributed by atoms with Crippen molar-refractivity contribution in [2.75, 3.05) is 12.4 Å². The molecule has 0 radical (unpaired) electrons. The molecule has 3 heterocycles. The number of methoxy groups -OCH3 is 1. The first kappa shape index (κ1) is 18.3. The Morgan fingerprint density at radius 3 is 2.72 bits per heavy atom. The second-order valence-electron chi connectivity index (χ2n) is 6.03. The Morgan fingerprint density at radius 1 is 0.897 bits per heavy atom. The highest BCUT2D eigenvalue weighted by Crippen LogP contribution is 2.22. The van der Waals surface area contributed by atoms with Crippen molar-refractivity contribution in [2.45, 2.75) is 6.54 Å². The van der Waals surface area contributed by atoms with Crippen LogP contribution < -0.4 is 14.8 Å². The van der Waals surface area contributed by atoms with E-state index in [1.807, 2.05) is 36.4 Å². The Kier molecular flexibility index (Phi) is 5.52. The van der Waals surface area contributed by atoms with Gasteiger partial charge in [0.2, 0.25) is 5.88 Å². The van der Waals surface area contributed by atoms with Gasteiger partial charge in [0.25, 0.3) is 0 Å². The van der Waals surface area contributed by atoms with E-state index in [2.05, 4.69) is 30.2 Å². The summed E-state index contributed by atoms with van der Waals surface area (Å²) in [6.07, 6.45) is 9.81. The van der Waals surface area contributed by atoms with Gasteiger partial charge in [-0.05, 0) is 29.8 Å². The summed E-state index contributed by atoms with van der Waals surface area (Å²) in [7, 11) is 1.60. The fourth-order valence-electron chi connectivity index (χ4n) is 2.62. The lowest BCUT2D eigenvalue weighted by Gasteiger charge is -2.09. The molecule has 8 heteroatoms. The van der Waals surface area contributed by atoms with Crippen LogP contribution in [0, 0.1) is 0 Å². The van der Waals surface area contributed by atoms with Crippen molar-refractivity contribution < 1.29 is 9.47 Å². The number of aromatic nitrogens is 5. The topological polar surface area (TPSA) is 94.9 Å². The van der Waals surface area contributed by atoms with E-state index in [0.717, 1.165) is 11.1 Å². The van der Waals surface area contributed by atoms with Crippen LogP contribution in [-0.4, -0.2) is 32.0 Å². The molecule has 8 nitrogen and oxygen atoms in total. The van der Waals surface area contributed by atoms with Gasteiger partial charge in [-0.3, -0.25) is 9.97 Å². The van der Waals surface area contributed by atoms with Crippen LogP contribution in [0.25, 0.3) is 11.4 Å². The van der Waals surface area contributed by atoms with Crippen LogP contribution in [0.3, 0.4) is 0 Å². The van der Waals surface area contributed by atoms with E-state index in [9.17, 15) is 0 Å². The minimum atomic E-state index is 0.449. The van der Waals surface area contributed by atoms with E-state index in [1.54, 1.807) is 44.3 Å². The van der Waals surface area contributed by atoms with Crippen molar-refractivity contribution in [3.05, 3.63) is 79.1 Å². The van der Waals surface area contributed by atoms with E-state index >= 15 is 0 Å². The Hall–Kier alpha value is -4.07. The van der Waals surface area contributed by atoms with Crippen molar-refractivity contribution in [3.63, 3.8) is 0 Å². The summed E-state index contributed by atoms with van der Waals surface area (Å²) in [4.78, 5) is 21.1. The second-order valence-corrected chi connectivity index (χ2v) is 6.03. The summed E-state index contributed by atoms with van der Waals surface area (Å²) in [6, 6.07) is 11.4. The molecular weight excluding hydrogens is 368 g/mol. The number of nitrogens with one attached hydrogen (secondary N) is 1. The molecule has 0 saturated carbocycles. The molecule has 4 aromatic rings. The lowest BCUT2D eigenvalue weighted by atomic mass is 10.2. The number of rotatable bonds is 7. The van der Waals surface area contributed by atoms with E-state index < -0.39 is 0 Å². The van der Waals surface area contributed by atoms with Gasteiger partial charge in [-0.1, -0.05) is 12.1 Å². The normalized spacial score (nSPS) is 10.4. The first-order valence-electron chi connectivity index (χ1n) is 8.89. The first-order chi connectivity index (χ1) is 14.3. The standard InChI is InChI=1S/C21H18N6O2/c1-28-18-10-16(12-23-13-18)21-25-6-5-19(27-21)26-11-15-3-2-4-17(9-15)29-20-14-22-7-8-24-20/h2-10,12-14H,11H2,1H3,(H,25,26,27). The first-order valence-corrected chi connectivity index (χ1v) is 8.89. The van der Waals surface area contributed by atoms with Crippen molar-refractivity contribution in [1.29, 1.82) is 0 Å². The maximum absolute atomic E-state index is 5.72. The summed E-state index contributed by atoms with van der Waals surface area (Å²) in [5.74, 6) is 3.07. The van der Waals surface area contributed by atoms with Gasteiger partial charge in [0.05, 0.1) is 19.5 Å². The Labute approximate surface area is 167 Å². The number of nitrogens with zero attached hydrogens (tertiary/aromatic N) is 5. The summed E-state index contributed by atoms with van der Waals surface area (Å²) in [6.45, 7) is 0.574. The molecule has 0 fully saturated rings. The van der Waals surface area contributed by atoms with Gasteiger partial charge in [0.15, 0.2) is 5.82 Å². The molecule has 0 amide bonds. The summed E-state index contributed by atoms with van der Waals surface area (Å²) in [5.41, 5.74) is 1.82. The summed E-state index contributed by atoms with van der Waals surface area (Å²) in [5, 5.41) is 3.30. The predicted octanol–water partition coefficient (Wildman–Crippen LogP) is 3.74. The molecule has 0 aliphatic rings. The molecular formula is C21H18N6O2.